The molecule has 17 heavy (non-hydrogen) atoms. The van der Waals surface area contributed by atoms with Gasteiger partial charge in [-0.2, -0.15) is 0 Å². The minimum absolute atomic E-state index is 0.0433. The van der Waals surface area contributed by atoms with Gasteiger partial charge in [-0.1, -0.05) is 13.0 Å². The number of hydrogen-bond donors (Lipinski definition) is 1. The summed E-state index contributed by atoms with van der Waals surface area (Å²) >= 11 is 0. The lowest BCUT2D eigenvalue weighted by Gasteiger charge is -2.43. The van der Waals surface area contributed by atoms with Crippen molar-refractivity contribution < 1.29 is 4.79 Å². The van der Waals surface area contributed by atoms with Gasteiger partial charge in [0.05, 0.1) is 0 Å². The third-order valence-electron chi connectivity index (χ3n) is 4.34. The van der Waals surface area contributed by atoms with Crippen molar-refractivity contribution in [2.45, 2.75) is 51.1 Å². The Hall–Kier alpha value is -0.830. The lowest BCUT2D eigenvalue weighted by Crippen LogP contribution is -2.50. The average Bonchev–Trinajstić information content (AvgIpc) is 2.27. The second-order valence-electron chi connectivity index (χ2n) is 5.48. The molecule has 2 aliphatic rings. The van der Waals surface area contributed by atoms with Crippen LogP contribution in [0.3, 0.4) is 0 Å². The molecule has 0 unspecified atom stereocenters. The third kappa shape index (κ3) is 3.09. The van der Waals surface area contributed by atoms with Gasteiger partial charge in [0, 0.05) is 18.6 Å². The standard InChI is InChI=1S/C14H24N2O/c1-3-14(17)15-11(2)12-6-5-9-16(10-12)13-7-4-8-13/h3,11-13H,1,4-10H2,2H3,(H,15,17)/t11-,12+/m0/s1. The van der Waals surface area contributed by atoms with Crippen molar-refractivity contribution in [3.05, 3.63) is 12.7 Å². The van der Waals surface area contributed by atoms with Crippen molar-refractivity contribution in [2.24, 2.45) is 5.92 Å². The maximum Gasteiger partial charge on any atom is 0.243 e. The molecule has 96 valence electrons. The largest absolute Gasteiger partial charge is 0.350 e. The zero-order valence-electron chi connectivity index (χ0n) is 10.8. The van der Waals surface area contributed by atoms with E-state index in [1.54, 1.807) is 0 Å². The Kier molecular flexibility index (Phi) is 4.21. The molecule has 0 bridgehead atoms. The molecule has 2 atom stereocenters. The van der Waals surface area contributed by atoms with Crippen LogP contribution in [0.2, 0.25) is 0 Å². The molecule has 0 spiro atoms. The summed E-state index contributed by atoms with van der Waals surface area (Å²) in [5, 5.41) is 3.01. The van der Waals surface area contributed by atoms with Crippen LogP contribution < -0.4 is 5.32 Å². The molecule has 1 saturated heterocycles. The minimum atomic E-state index is -0.0433. The molecule has 1 saturated carbocycles. The Bertz CT molecular complexity index is 286. The topological polar surface area (TPSA) is 32.3 Å². The number of carbonyl (C=O) groups is 1. The van der Waals surface area contributed by atoms with Gasteiger partial charge < -0.3 is 10.2 Å². The van der Waals surface area contributed by atoms with Crippen LogP contribution in [0.4, 0.5) is 0 Å². The Morgan fingerprint density at radius 1 is 1.41 bits per heavy atom. The highest BCUT2D eigenvalue weighted by Crippen LogP contribution is 2.29. The number of nitrogens with zero attached hydrogens (tertiary/aromatic N) is 1. The van der Waals surface area contributed by atoms with E-state index in [0.717, 1.165) is 12.6 Å². The van der Waals surface area contributed by atoms with E-state index >= 15 is 0 Å². The Morgan fingerprint density at radius 3 is 2.76 bits per heavy atom. The molecule has 1 heterocycles. The van der Waals surface area contributed by atoms with Gasteiger partial charge in [0.25, 0.3) is 0 Å². The number of carbonyl (C=O) groups excluding carboxylic acids is 1. The van der Waals surface area contributed by atoms with Crippen molar-refractivity contribution >= 4 is 5.91 Å². The molecule has 3 nitrogen and oxygen atoms in total. The van der Waals surface area contributed by atoms with Crippen LogP contribution in [-0.4, -0.2) is 36.0 Å². The smallest absolute Gasteiger partial charge is 0.243 e. The molecule has 1 aliphatic carbocycles. The van der Waals surface area contributed by atoms with Gasteiger partial charge in [-0.15, -0.1) is 0 Å². The highest BCUT2D eigenvalue weighted by atomic mass is 16.1. The van der Waals surface area contributed by atoms with Crippen molar-refractivity contribution in [2.75, 3.05) is 13.1 Å². The molecular formula is C14H24N2O. The Balaban J connectivity index is 1.83. The van der Waals surface area contributed by atoms with Crippen LogP contribution in [0, 0.1) is 5.92 Å². The molecule has 1 N–H and O–H groups in total. The molecular weight excluding hydrogens is 212 g/mol. The van der Waals surface area contributed by atoms with Crippen molar-refractivity contribution in [1.82, 2.24) is 10.2 Å². The summed E-state index contributed by atoms with van der Waals surface area (Å²) < 4.78 is 0. The van der Waals surface area contributed by atoms with Gasteiger partial charge in [0.2, 0.25) is 5.91 Å². The van der Waals surface area contributed by atoms with E-state index in [4.69, 9.17) is 0 Å². The van der Waals surface area contributed by atoms with Gasteiger partial charge in [-0.25, -0.2) is 0 Å². The maximum atomic E-state index is 11.3. The van der Waals surface area contributed by atoms with Crippen LogP contribution >= 0.6 is 0 Å². The molecule has 1 aliphatic heterocycles. The van der Waals surface area contributed by atoms with Crippen molar-refractivity contribution in [3.63, 3.8) is 0 Å². The van der Waals surface area contributed by atoms with E-state index in [1.165, 1.54) is 44.7 Å². The van der Waals surface area contributed by atoms with E-state index < -0.39 is 0 Å². The van der Waals surface area contributed by atoms with Gasteiger partial charge in [-0.3, -0.25) is 4.79 Å². The second-order valence-corrected chi connectivity index (χ2v) is 5.48. The molecule has 0 radical (unpaired) electrons. The highest BCUT2D eigenvalue weighted by molar-refractivity contribution is 5.87. The molecule has 0 aromatic rings. The second kappa shape index (κ2) is 5.67. The number of likely N-dealkylation sites (tertiary alicyclic amines) is 1. The predicted octanol–water partition coefficient (Wildman–Crippen LogP) is 1.94. The Labute approximate surface area is 104 Å². The van der Waals surface area contributed by atoms with E-state index in [0.29, 0.717) is 5.92 Å². The first kappa shape index (κ1) is 12.6. The first-order valence-electron chi connectivity index (χ1n) is 6.87. The normalized spacial score (nSPS) is 28.2. The van der Waals surface area contributed by atoms with Crippen LogP contribution in [0.25, 0.3) is 0 Å². The quantitative estimate of drug-likeness (QED) is 0.757. The number of piperidine rings is 1. The zero-order chi connectivity index (χ0) is 12.3. The van der Waals surface area contributed by atoms with Crippen LogP contribution in [0.1, 0.15) is 39.0 Å². The predicted molar refractivity (Wildman–Crippen MR) is 69.7 cm³/mol. The summed E-state index contributed by atoms with van der Waals surface area (Å²) in [6.07, 6.45) is 8.02. The number of amides is 1. The molecule has 2 fully saturated rings. The van der Waals surface area contributed by atoms with E-state index in [9.17, 15) is 4.79 Å². The molecule has 3 heteroatoms. The van der Waals surface area contributed by atoms with E-state index in [-0.39, 0.29) is 11.9 Å². The van der Waals surface area contributed by atoms with Crippen molar-refractivity contribution in [3.8, 4) is 0 Å². The van der Waals surface area contributed by atoms with Crippen LogP contribution in [-0.2, 0) is 4.79 Å². The monoisotopic (exact) mass is 236 g/mol. The maximum absolute atomic E-state index is 11.3. The lowest BCUT2D eigenvalue weighted by atomic mass is 9.85. The van der Waals surface area contributed by atoms with Gasteiger partial charge >= 0.3 is 0 Å². The fourth-order valence-corrected chi connectivity index (χ4v) is 2.93. The SMILES string of the molecule is C=CC(=O)N[C@@H](C)[C@@H]1CCCN(C2CCC2)C1. The van der Waals surface area contributed by atoms with Gasteiger partial charge in [-0.05, 0) is 51.1 Å². The van der Waals surface area contributed by atoms with Gasteiger partial charge in [0.15, 0.2) is 0 Å². The number of nitrogens with one attached hydrogen (secondary N) is 1. The lowest BCUT2D eigenvalue weighted by molar-refractivity contribution is -0.117. The third-order valence-corrected chi connectivity index (χ3v) is 4.34. The first-order chi connectivity index (χ1) is 8.20. The molecule has 1 amide bonds. The summed E-state index contributed by atoms with van der Waals surface area (Å²) in [7, 11) is 0. The van der Waals surface area contributed by atoms with Crippen LogP contribution in [0.5, 0.6) is 0 Å². The first-order valence-corrected chi connectivity index (χ1v) is 6.87. The highest BCUT2D eigenvalue weighted by Gasteiger charge is 2.31. The summed E-state index contributed by atoms with van der Waals surface area (Å²) in [4.78, 5) is 13.9. The minimum Gasteiger partial charge on any atom is -0.350 e. The van der Waals surface area contributed by atoms with E-state index in [2.05, 4.69) is 23.7 Å². The summed E-state index contributed by atoms with van der Waals surface area (Å²) in [6.45, 7) is 8.03. The van der Waals surface area contributed by atoms with E-state index in [1.807, 2.05) is 0 Å². The number of rotatable bonds is 4. The fraction of sp³-hybridized carbons (Fsp3) is 0.786. The summed E-state index contributed by atoms with van der Waals surface area (Å²) in [6, 6.07) is 1.10. The Morgan fingerprint density at radius 2 is 2.18 bits per heavy atom. The van der Waals surface area contributed by atoms with Crippen LogP contribution in [0.15, 0.2) is 12.7 Å². The molecule has 0 aromatic carbocycles. The zero-order valence-corrected chi connectivity index (χ0v) is 10.8. The average molecular weight is 236 g/mol. The fourth-order valence-electron chi connectivity index (χ4n) is 2.93. The number of hydrogen-bond acceptors (Lipinski definition) is 2. The van der Waals surface area contributed by atoms with Crippen molar-refractivity contribution in [1.29, 1.82) is 0 Å². The molecule has 0 aromatic heterocycles. The molecule has 2 rings (SSSR count). The summed E-state index contributed by atoms with van der Waals surface area (Å²) in [5.74, 6) is 0.562. The van der Waals surface area contributed by atoms with Gasteiger partial charge in [0.1, 0.15) is 0 Å². The summed E-state index contributed by atoms with van der Waals surface area (Å²) in [5.41, 5.74) is 0.